The molecule has 0 amide bonds. The third-order valence-corrected chi connectivity index (χ3v) is 14.0. The first-order chi connectivity index (χ1) is 33.2. The lowest BCUT2D eigenvalue weighted by molar-refractivity contribution is 0.488. The van der Waals surface area contributed by atoms with Gasteiger partial charge in [0.1, 0.15) is 11.5 Å². The average molecular weight is 854 g/mol. The van der Waals surface area contributed by atoms with E-state index in [4.69, 9.17) is 4.74 Å². The van der Waals surface area contributed by atoms with E-state index in [0.717, 1.165) is 67.3 Å². The van der Waals surface area contributed by atoms with Gasteiger partial charge in [0.25, 0.3) is 0 Å². The van der Waals surface area contributed by atoms with Gasteiger partial charge in [-0.15, -0.1) is 0 Å². The third-order valence-electron chi connectivity index (χ3n) is 14.0. The topological polar surface area (TPSA) is 12.5 Å². The molecule has 0 N–H and O–H groups in total. The summed E-state index contributed by atoms with van der Waals surface area (Å²) in [5.74, 6) is 1.68. The van der Waals surface area contributed by atoms with Gasteiger partial charge in [0.05, 0.1) is 5.41 Å². The number of ether oxygens (including phenoxy) is 1. The molecule has 0 aromatic heterocycles. The number of anilines is 3. The highest BCUT2D eigenvalue weighted by molar-refractivity contribution is 6.07. The van der Waals surface area contributed by atoms with Crippen LogP contribution in [0.4, 0.5) is 17.1 Å². The quantitative estimate of drug-likeness (QED) is 0.158. The summed E-state index contributed by atoms with van der Waals surface area (Å²) in [7, 11) is 0. The van der Waals surface area contributed by atoms with Crippen molar-refractivity contribution in [2.45, 2.75) is 5.41 Å². The fraction of sp³-hybridized carbons (Fsp3) is 0.0154. The molecule has 13 rings (SSSR count). The second-order valence-electron chi connectivity index (χ2n) is 17.5. The summed E-state index contributed by atoms with van der Waals surface area (Å²) >= 11 is 0. The van der Waals surface area contributed by atoms with Gasteiger partial charge in [-0.1, -0.05) is 212 Å². The molecular weight excluding hydrogens is 811 g/mol. The van der Waals surface area contributed by atoms with Crippen molar-refractivity contribution in [3.63, 3.8) is 0 Å². The molecule has 0 radical (unpaired) electrons. The van der Waals surface area contributed by atoms with Crippen molar-refractivity contribution < 1.29 is 4.74 Å². The van der Waals surface area contributed by atoms with E-state index in [2.05, 4.69) is 266 Å². The van der Waals surface area contributed by atoms with E-state index >= 15 is 0 Å². The maximum Gasteiger partial charge on any atom is 0.135 e. The van der Waals surface area contributed by atoms with E-state index < -0.39 is 5.41 Å². The highest BCUT2D eigenvalue weighted by Crippen LogP contribution is 2.57. The van der Waals surface area contributed by atoms with Gasteiger partial charge in [0.2, 0.25) is 0 Å². The van der Waals surface area contributed by atoms with E-state index in [1.54, 1.807) is 0 Å². The first-order valence-electron chi connectivity index (χ1n) is 23.1. The minimum Gasteiger partial charge on any atom is -0.456 e. The Labute approximate surface area is 391 Å². The monoisotopic (exact) mass is 853 g/mol. The molecule has 1 aliphatic heterocycles. The lowest BCUT2D eigenvalue weighted by Crippen LogP contribution is -2.28. The van der Waals surface area contributed by atoms with Crippen molar-refractivity contribution >= 4 is 27.8 Å². The van der Waals surface area contributed by atoms with Crippen LogP contribution >= 0.6 is 0 Å². The summed E-state index contributed by atoms with van der Waals surface area (Å²) in [4.78, 5) is 2.41. The van der Waals surface area contributed by atoms with Crippen LogP contribution in [0.15, 0.2) is 261 Å². The minimum atomic E-state index is -0.492. The summed E-state index contributed by atoms with van der Waals surface area (Å²) in [5, 5.41) is 2.32. The summed E-state index contributed by atoms with van der Waals surface area (Å²) in [6.07, 6.45) is 0. The zero-order valence-corrected chi connectivity index (χ0v) is 36.7. The first kappa shape index (κ1) is 38.7. The molecule has 0 unspecified atom stereocenters. The zero-order chi connectivity index (χ0) is 44.3. The van der Waals surface area contributed by atoms with E-state index in [0.29, 0.717) is 0 Å². The van der Waals surface area contributed by atoms with E-state index in [9.17, 15) is 0 Å². The molecule has 1 heterocycles. The average Bonchev–Trinajstić information content (AvgIpc) is 3.62. The largest absolute Gasteiger partial charge is 0.456 e. The molecule has 1 aliphatic carbocycles. The van der Waals surface area contributed by atoms with Crippen LogP contribution < -0.4 is 9.64 Å². The van der Waals surface area contributed by atoms with Gasteiger partial charge in [-0.05, 0) is 126 Å². The molecule has 11 aromatic rings. The predicted octanol–water partition coefficient (Wildman–Crippen LogP) is 17.4. The normalized spacial score (nSPS) is 12.7. The lowest BCUT2D eigenvalue weighted by atomic mass is 9.68. The number of hydrogen-bond acceptors (Lipinski definition) is 2. The van der Waals surface area contributed by atoms with Crippen LogP contribution in [0.1, 0.15) is 22.3 Å². The van der Waals surface area contributed by atoms with Crippen LogP contribution in [0.25, 0.3) is 66.4 Å². The molecule has 0 saturated heterocycles. The Kier molecular flexibility index (Phi) is 9.11. The highest BCUT2D eigenvalue weighted by Gasteiger charge is 2.45. The molecule has 2 aliphatic rings. The number of nitrogens with zero attached hydrogens (tertiary/aromatic N) is 1. The number of benzene rings is 11. The van der Waals surface area contributed by atoms with Crippen molar-refractivity contribution in [3.05, 3.63) is 283 Å². The van der Waals surface area contributed by atoms with Crippen molar-refractivity contribution in [1.82, 2.24) is 0 Å². The molecule has 67 heavy (non-hydrogen) atoms. The third kappa shape index (κ3) is 6.18. The summed E-state index contributed by atoms with van der Waals surface area (Å²) in [5.41, 5.74) is 19.4. The Morgan fingerprint density at radius 2 is 0.821 bits per heavy atom. The molecule has 11 aromatic carbocycles. The van der Waals surface area contributed by atoms with E-state index in [-0.39, 0.29) is 0 Å². The lowest BCUT2D eigenvalue weighted by Gasteiger charge is -2.34. The Balaban J connectivity index is 1.04. The van der Waals surface area contributed by atoms with Crippen LogP contribution in [0.3, 0.4) is 0 Å². The molecule has 0 saturated carbocycles. The zero-order valence-electron chi connectivity index (χ0n) is 36.7. The number of hydrogen-bond donors (Lipinski definition) is 0. The van der Waals surface area contributed by atoms with Gasteiger partial charge in [-0.25, -0.2) is 0 Å². The van der Waals surface area contributed by atoms with Gasteiger partial charge in [-0.3, -0.25) is 0 Å². The first-order valence-corrected chi connectivity index (χ1v) is 23.1. The molecular formula is C65H43NO. The van der Waals surface area contributed by atoms with E-state index in [1.807, 2.05) is 0 Å². The smallest absolute Gasteiger partial charge is 0.135 e. The van der Waals surface area contributed by atoms with Crippen LogP contribution in [-0.2, 0) is 5.41 Å². The predicted molar refractivity (Wildman–Crippen MR) is 278 cm³/mol. The van der Waals surface area contributed by atoms with Gasteiger partial charge in [-0.2, -0.15) is 0 Å². The Bertz CT molecular complexity index is 3590. The van der Waals surface area contributed by atoms with Crippen LogP contribution in [0.2, 0.25) is 0 Å². The molecule has 314 valence electrons. The van der Waals surface area contributed by atoms with Crippen molar-refractivity contribution in [1.29, 1.82) is 0 Å². The van der Waals surface area contributed by atoms with Gasteiger partial charge >= 0.3 is 0 Å². The molecule has 0 spiro atoms. The number of fused-ring (bicyclic) bond motifs is 10. The number of rotatable bonds is 7. The van der Waals surface area contributed by atoms with Crippen molar-refractivity contribution in [3.8, 4) is 67.1 Å². The van der Waals surface area contributed by atoms with Crippen molar-refractivity contribution in [2.75, 3.05) is 4.90 Å². The van der Waals surface area contributed by atoms with Gasteiger partial charge < -0.3 is 9.64 Å². The summed E-state index contributed by atoms with van der Waals surface area (Å²) in [6, 6.07) is 94.9. The summed E-state index contributed by atoms with van der Waals surface area (Å²) in [6.45, 7) is 0. The van der Waals surface area contributed by atoms with E-state index in [1.165, 1.54) is 49.9 Å². The standard InChI is InChI=1S/C65H43NO/c1-4-17-44(18-5-1)45-31-36-50(37-32-45)66(51-38-34-49(35-39-51)65(48-22-8-3-9-23-48)59-28-14-12-25-55(59)56-26-13-15-29-60(56)65)52-40-41-57-58(43-52)64-53-24-11-10-21-47(53)33-42-62(64)67-61-30-16-27-54(63(57)61)46-19-6-2-7-20-46/h1-43H. The van der Waals surface area contributed by atoms with Crippen LogP contribution in [-0.4, -0.2) is 0 Å². The fourth-order valence-corrected chi connectivity index (χ4v) is 11.0. The second kappa shape index (κ2) is 15.8. The second-order valence-corrected chi connectivity index (χ2v) is 17.5. The Morgan fingerprint density at radius 1 is 0.299 bits per heavy atom. The Morgan fingerprint density at radius 3 is 1.52 bits per heavy atom. The minimum absolute atomic E-state index is 0.492. The fourth-order valence-electron chi connectivity index (χ4n) is 11.0. The molecule has 0 fully saturated rings. The van der Waals surface area contributed by atoms with Crippen LogP contribution in [0, 0.1) is 0 Å². The Hall–Kier alpha value is -8.72. The maximum absolute atomic E-state index is 7.02. The van der Waals surface area contributed by atoms with Crippen molar-refractivity contribution in [2.24, 2.45) is 0 Å². The molecule has 0 atom stereocenters. The van der Waals surface area contributed by atoms with Gasteiger partial charge in [0.15, 0.2) is 0 Å². The van der Waals surface area contributed by atoms with Crippen LogP contribution in [0.5, 0.6) is 11.5 Å². The SMILES string of the molecule is c1ccc(-c2ccc(N(c3ccc(C4(c5ccccc5)c5ccccc5-c5ccccc54)cc3)c3ccc4c(c3)-c3c(ccc5ccccc35)Oc3cccc(-c5ccccc5)c3-4)cc2)cc1. The molecule has 2 heteroatoms. The molecule has 2 nitrogen and oxygen atoms in total. The molecule has 0 bridgehead atoms. The summed E-state index contributed by atoms with van der Waals surface area (Å²) < 4.78 is 7.02. The highest BCUT2D eigenvalue weighted by atomic mass is 16.5. The van der Waals surface area contributed by atoms with Gasteiger partial charge in [0, 0.05) is 28.2 Å². The maximum atomic E-state index is 7.02.